The van der Waals surface area contributed by atoms with Crippen LogP contribution in [0.5, 0.6) is 0 Å². The van der Waals surface area contributed by atoms with Crippen LogP contribution in [0.2, 0.25) is 0 Å². The molecule has 0 aliphatic rings. The molecule has 2 aromatic rings. The second-order valence-corrected chi connectivity index (χ2v) is 7.65. The first-order chi connectivity index (χ1) is 12.0. The zero-order valence-corrected chi connectivity index (χ0v) is 16.7. The third kappa shape index (κ3) is 6.14. The number of rotatable bonds is 7. The highest BCUT2D eigenvalue weighted by Gasteiger charge is 2.13. The van der Waals surface area contributed by atoms with Crippen molar-refractivity contribution in [3.8, 4) is 0 Å². The standard InChI is InChI=1S/C19H29N5S/c1-14-15(2)25-18(23-14)13-22-19(20-3)21-12-17(24(4)5)11-16-9-7-6-8-10-16/h6-10,17H,11-13H2,1-5H3,(H2,20,21,22). The van der Waals surface area contributed by atoms with Gasteiger partial charge in [0.15, 0.2) is 5.96 Å². The molecule has 0 spiro atoms. The van der Waals surface area contributed by atoms with Crippen LogP contribution in [0.4, 0.5) is 0 Å². The van der Waals surface area contributed by atoms with Crippen molar-refractivity contribution in [2.45, 2.75) is 32.9 Å². The number of hydrogen-bond donors (Lipinski definition) is 2. The van der Waals surface area contributed by atoms with E-state index in [1.807, 2.05) is 6.92 Å². The summed E-state index contributed by atoms with van der Waals surface area (Å²) in [5.74, 6) is 0.811. The predicted octanol–water partition coefficient (Wildman–Crippen LogP) is 2.60. The average molecular weight is 360 g/mol. The lowest BCUT2D eigenvalue weighted by atomic mass is 10.1. The molecule has 0 radical (unpaired) electrons. The number of likely N-dealkylation sites (N-methyl/N-ethyl adjacent to an activating group) is 1. The maximum Gasteiger partial charge on any atom is 0.191 e. The Hall–Kier alpha value is -1.92. The Bertz CT molecular complexity index is 659. The molecule has 1 aromatic carbocycles. The van der Waals surface area contributed by atoms with Crippen molar-refractivity contribution in [1.29, 1.82) is 0 Å². The quantitative estimate of drug-likeness (QED) is 0.589. The van der Waals surface area contributed by atoms with E-state index in [1.54, 1.807) is 18.4 Å². The van der Waals surface area contributed by atoms with Crippen molar-refractivity contribution in [2.75, 3.05) is 27.7 Å². The zero-order chi connectivity index (χ0) is 18.2. The van der Waals surface area contributed by atoms with Crippen LogP contribution in [0, 0.1) is 13.8 Å². The summed E-state index contributed by atoms with van der Waals surface area (Å²) in [6, 6.07) is 11.0. The fraction of sp³-hybridized carbons (Fsp3) is 0.474. The summed E-state index contributed by atoms with van der Waals surface area (Å²) in [4.78, 5) is 12.4. The number of nitrogens with zero attached hydrogens (tertiary/aromatic N) is 3. The summed E-state index contributed by atoms with van der Waals surface area (Å²) in [6.07, 6.45) is 1.00. The molecule has 1 unspecified atom stereocenters. The minimum Gasteiger partial charge on any atom is -0.355 e. The smallest absolute Gasteiger partial charge is 0.191 e. The zero-order valence-electron chi connectivity index (χ0n) is 15.8. The van der Waals surface area contributed by atoms with E-state index in [1.165, 1.54) is 10.4 Å². The Kier molecular flexibility index (Phi) is 7.40. The molecule has 1 aromatic heterocycles. The number of thiazole rings is 1. The highest BCUT2D eigenvalue weighted by molar-refractivity contribution is 7.11. The third-order valence-electron chi connectivity index (χ3n) is 4.25. The van der Waals surface area contributed by atoms with Crippen molar-refractivity contribution in [2.24, 2.45) is 4.99 Å². The monoisotopic (exact) mass is 359 g/mol. The number of nitrogens with one attached hydrogen (secondary N) is 2. The first-order valence-corrected chi connectivity index (χ1v) is 9.39. The molecule has 6 heteroatoms. The van der Waals surface area contributed by atoms with Gasteiger partial charge in [0.05, 0.1) is 12.2 Å². The fourth-order valence-corrected chi connectivity index (χ4v) is 3.41. The molecule has 0 bridgehead atoms. The summed E-state index contributed by atoms with van der Waals surface area (Å²) in [6.45, 7) is 5.68. The van der Waals surface area contributed by atoms with E-state index < -0.39 is 0 Å². The number of hydrogen-bond acceptors (Lipinski definition) is 4. The molecule has 2 N–H and O–H groups in total. The number of guanidine groups is 1. The van der Waals surface area contributed by atoms with Gasteiger partial charge >= 0.3 is 0 Å². The van der Waals surface area contributed by atoms with E-state index in [0.29, 0.717) is 12.6 Å². The Balaban J connectivity index is 1.86. The van der Waals surface area contributed by atoms with Gasteiger partial charge in [-0.3, -0.25) is 4.99 Å². The van der Waals surface area contributed by atoms with Gasteiger partial charge in [0, 0.05) is 24.5 Å². The Morgan fingerprint density at radius 3 is 2.48 bits per heavy atom. The van der Waals surface area contributed by atoms with E-state index in [4.69, 9.17) is 0 Å². The highest BCUT2D eigenvalue weighted by atomic mass is 32.1. The van der Waals surface area contributed by atoms with Crippen molar-refractivity contribution in [3.63, 3.8) is 0 Å². The van der Waals surface area contributed by atoms with E-state index in [2.05, 4.69) is 76.9 Å². The van der Waals surface area contributed by atoms with E-state index in [-0.39, 0.29) is 0 Å². The number of benzene rings is 1. The van der Waals surface area contributed by atoms with Crippen LogP contribution in [-0.4, -0.2) is 49.6 Å². The fourth-order valence-electron chi connectivity index (χ4n) is 2.53. The summed E-state index contributed by atoms with van der Waals surface area (Å²) in [7, 11) is 6.04. The minimum absolute atomic E-state index is 0.394. The van der Waals surface area contributed by atoms with Crippen LogP contribution in [0.25, 0.3) is 0 Å². The van der Waals surface area contributed by atoms with Crippen molar-refractivity contribution in [1.82, 2.24) is 20.5 Å². The molecule has 0 aliphatic carbocycles. The molecule has 25 heavy (non-hydrogen) atoms. The van der Waals surface area contributed by atoms with Crippen LogP contribution >= 0.6 is 11.3 Å². The maximum absolute atomic E-state index is 4.56. The molecular formula is C19H29N5S. The molecule has 2 rings (SSSR count). The van der Waals surface area contributed by atoms with Gasteiger partial charge in [0.2, 0.25) is 0 Å². The minimum atomic E-state index is 0.394. The predicted molar refractivity (Wildman–Crippen MR) is 107 cm³/mol. The van der Waals surface area contributed by atoms with Gasteiger partial charge in [0.1, 0.15) is 5.01 Å². The lowest BCUT2D eigenvalue weighted by Crippen LogP contribution is -2.45. The van der Waals surface area contributed by atoms with Crippen molar-refractivity contribution >= 4 is 17.3 Å². The second-order valence-electron chi connectivity index (χ2n) is 6.36. The van der Waals surface area contributed by atoms with E-state index in [9.17, 15) is 0 Å². The van der Waals surface area contributed by atoms with Crippen LogP contribution in [0.3, 0.4) is 0 Å². The van der Waals surface area contributed by atoms with Gasteiger partial charge in [-0.05, 0) is 39.9 Å². The number of aryl methyl sites for hydroxylation is 2. The summed E-state index contributed by atoms with van der Waals surface area (Å²) < 4.78 is 0. The average Bonchev–Trinajstić information content (AvgIpc) is 2.92. The third-order valence-corrected chi connectivity index (χ3v) is 5.33. The SMILES string of the molecule is CN=C(NCc1nc(C)c(C)s1)NCC(Cc1ccccc1)N(C)C. The Morgan fingerprint density at radius 1 is 1.20 bits per heavy atom. The molecule has 1 atom stereocenters. The summed E-state index contributed by atoms with van der Waals surface area (Å²) in [5.41, 5.74) is 2.46. The lowest BCUT2D eigenvalue weighted by Gasteiger charge is -2.25. The molecule has 0 amide bonds. The number of aliphatic imine (C=N–C) groups is 1. The maximum atomic E-state index is 4.56. The van der Waals surface area contributed by atoms with Gasteiger partial charge in [-0.15, -0.1) is 11.3 Å². The van der Waals surface area contributed by atoms with Gasteiger partial charge in [-0.1, -0.05) is 30.3 Å². The van der Waals surface area contributed by atoms with Crippen LogP contribution in [0.1, 0.15) is 21.1 Å². The van der Waals surface area contributed by atoms with Crippen LogP contribution in [0.15, 0.2) is 35.3 Å². The molecular weight excluding hydrogens is 330 g/mol. The topological polar surface area (TPSA) is 52.6 Å². The number of aromatic nitrogens is 1. The molecule has 0 saturated heterocycles. The van der Waals surface area contributed by atoms with Gasteiger partial charge in [-0.2, -0.15) is 0 Å². The van der Waals surface area contributed by atoms with Gasteiger partial charge < -0.3 is 15.5 Å². The van der Waals surface area contributed by atoms with E-state index in [0.717, 1.165) is 29.6 Å². The molecule has 1 heterocycles. The second kappa shape index (κ2) is 9.53. The first-order valence-electron chi connectivity index (χ1n) is 8.57. The normalized spacial score (nSPS) is 13.1. The van der Waals surface area contributed by atoms with Crippen LogP contribution < -0.4 is 10.6 Å². The van der Waals surface area contributed by atoms with Gasteiger partial charge in [0.25, 0.3) is 0 Å². The van der Waals surface area contributed by atoms with Crippen molar-refractivity contribution < 1.29 is 0 Å². The first kappa shape index (κ1) is 19.4. The Labute approximate surface area is 155 Å². The summed E-state index contributed by atoms with van der Waals surface area (Å²) in [5, 5.41) is 7.88. The largest absolute Gasteiger partial charge is 0.355 e. The highest BCUT2D eigenvalue weighted by Crippen LogP contribution is 2.15. The van der Waals surface area contributed by atoms with Crippen LogP contribution in [-0.2, 0) is 13.0 Å². The molecule has 0 fully saturated rings. The lowest BCUT2D eigenvalue weighted by molar-refractivity contribution is 0.290. The summed E-state index contributed by atoms with van der Waals surface area (Å²) >= 11 is 1.73. The van der Waals surface area contributed by atoms with Gasteiger partial charge in [-0.25, -0.2) is 4.98 Å². The molecule has 136 valence electrons. The molecule has 5 nitrogen and oxygen atoms in total. The molecule has 0 aliphatic heterocycles. The molecule has 0 saturated carbocycles. The Morgan fingerprint density at radius 2 is 1.92 bits per heavy atom. The van der Waals surface area contributed by atoms with E-state index >= 15 is 0 Å². The van der Waals surface area contributed by atoms with Crippen molar-refractivity contribution in [3.05, 3.63) is 51.5 Å².